The first-order valence-electron chi connectivity index (χ1n) is 11.1. The summed E-state index contributed by atoms with van der Waals surface area (Å²) in [6.07, 6.45) is 5.73. The number of urea groups is 1. The monoisotopic (exact) mass is 400 g/mol. The van der Waals surface area contributed by atoms with Crippen LogP contribution >= 0.6 is 0 Å². The van der Waals surface area contributed by atoms with Gasteiger partial charge in [0.25, 0.3) is 0 Å². The number of benzene rings is 1. The molecular formula is C23H36N4O2. The first kappa shape index (κ1) is 21.6. The third-order valence-electron chi connectivity index (χ3n) is 6.27. The molecule has 0 radical (unpaired) electrons. The highest BCUT2D eigenvalue weighted by Crippen LogP contribution is 2.20. The summed E-state index contributed by atoms with van der Waals surface area (Å²) in [5.74, 6) is 0.115. The van der Waals surface area contributed by atoms with E-state index in [1.54, 1.807) is 6.92 Å². The molecule has 0 saturated carbocycles. The van der Waals surface area contributed by atoms with Crippen LogP contribution in [0.3, 0.4) is 0 Å². The van der Waals surface area contributed by atoms with Crippen molar-refractivity contribution in [2.45, 2.75) is 58.9 Å². The molecule has 2 fully saturated rings. The van der Waals surface area contributed by atoms with Crippen LogP contribution in [0.15, 0.2) is 18.2 Å². The van der Waals surface area contributed by atoms with Gasteiger partial charge < -0.3 is 20.0 Å². The maximum Gasteiger partial charge on any atom is 0.321 e. The van der Waals surface area contributed by atoms with Gasteiger partial charge in [0.05, 0.1) is 0 Å². The molecule has 2 heterocycles. The smallest absolute Gasteiger partial charge is 0.321 e. The van der Waals surface area contributed by atoms with Crippen LogP contribution in [0.2, 0.25) is 0 Å². The Morgan fingerprint density at radius 3 is 2.59 bits per heavy atom. The zero-order valence-electron chi connectivity index (χ0n) is 18.2. The lowest BCUT2D eigenvalue weighted by Gasteiger charge is -2.40. The number of nitrogens with zero attached hydrogens (tertiary/aromatic N) is 3. The molecule has 160 valence electrons. The highest BCUT2D eigenvalue weighted by Gasteiger charge is 2.29. The number of nitrogens with one attached hydrogen (secondary N) is 1. The highest BCUT2D eigenvalue weighted by molar-refractivity contribution is 5.90. The fourth-order valence-corrected chi connectivity index (χ4v) is 4.49. The van der Waals surface area contributed by atoms with Gasteiger partial charge in [-0.1, -0.05) is 18.6 Å². The summed E-state index contributed by atoms with van der Waals surface area (Å²) in [6, 6.07) is 6.13. The lowest BCUT2D eigenvalue weighted by atomic mass is 10.0. The zero-order valence-corrected chi connectivity index (χ0v) is 18.2. The van der Waals surface area contributed by atoms with E-state index in [1.807, 2.05) is 35.8 Å². The number of hydrogen-bond acceptors (Lipinski definition) is 3. The normalized spacial score (nSPS) is 20.4. The van der Waals surface area contributed by atoms with Crippen LogP contribution in [-0.2, 0) is 4.79 Å². The summed E-state index contributed by atoms with van der Waals surface area (Å²) in [7, 11) is 0. The van der Waals surface area contributed by atoms with Gasteiger partial charge in [-0.2, -0.15) is 0 Å². The first-order chi connectivity index (χ1) is 13.9. The zero-order chi connectivity index (χ0) is 20.8. The number of carbonyl (C=O) groups is 2. The predicted molar refractivity (Wildman–Crippen MR) is 117 cm³/mol. The summed E-state index contributed by atoms with van der Waals surface area (Å²) in [6.45, 7) is 11.0. The maximum absolute atomic E-state index is 12.9. The Labute approximate surface area is 175 Å². The largest absolute Gasteiger partial charge is 0.337 e. The Morgan fingerprint density at radius 2 is 1.86 bits per heavy atom. The van der Waals surface area contributed by atoms with Crippen molar-refractivity contribution in [2.75, 3.05) is 44.6 Å². The summed E-state index contributed by atoms with van der Waals surface area (Å²) in [4.78, 5) is 31.6. The van der Waals surface area contributed by atoms with Crippen molar-refractivity contribution in [1.29, 1.82) is 0 Å². The number of anilines is 1. The standard InChI is InChI=1S/C23H36N4O2/c1-18-9-10-19(2)22(16-18)24-23(29)26-13-7-8-21(17-26)27(20(3)28)15-14-25-11-5-4-6-12-25/h9-10,16,21H,4-8,11-15,17H2,1-3H3,(H,24,29). The van der Waals surface area contributed by atoms with Crippen LogP contribution in [-0.4, -0.2) is 71.9 Å². The lowest BCUT2D eigenvalue weighted by Crippen LogP contribution is -2.53. The average Bonchev–Trinajstić information content (AvgIpc) is 2.71. The van der Waals surface area contributed by atoms with Gasteiger partial charge in [0.1, 0.15) is 0 Å². The lowest BCUT2D eigenvalue weighted by molar-refractivity contribution is -0.132. The number of hydrogen-bond donors (Lipinski definition) is 1. The second-order valence-electron chi connectivity index (χ2n) is 8.61. The minimum absolute atomic E-state index is 0.0667. The minimum Gasteiger partial charge on any atom is -0.337 e. The van der Waals surface area contributed by atoms with E-state index >= 15 is 0 Å². The van der Waals surface area contributed by atoms with Gasteiger partial charge in [-0.3, -0.25) is 4.79 Å². The van der Waals surface area contributed by atoms with E-state index < -0.39 is 0 Å². The average molecular weight is 401 g/mol. The Kier molecular flexibility index (Phi) is 7.53. The molecule has 1 unspecified atom stereocenters. The van der Waals surface area contributed by atoms with Gasteiger partial charge in [0.15, 0.2) is 0 Å². The molecule has 2 saturated heterocycles. The number of piperidine rings is 2. The Balaban J connectivity index is 1.59. The fourth-order valence-electron chi connectivity index (χ4n) is 4.49. The molecule has 1 aromatic rings. The summed E-state index contributed by atoms with van der Waals surface area (Å²) in [5, 5.41) is 3.07. The Bertz CT molecular complexity index is 715. The van der Waals surface area contributed by atoms with Crippen molar-refractivity contribution in [3.8, 4) is 0 Å². The van der Waals surface area contributed by atoms with E-state index in [1.165, 1.54) is 19.3 Å². The van der Waals surface area contributed by atoms with Gasteiger partial charge in [0.2, 0.25) is 5.91 Å². The number of likely N-dealkylation sites (tertiary alicyclic amines) is 2. The van der Waals surface area contributed by atoms with Gasteiger partial charge >= 0.3 is 6.03 Å². The molecule has 0 spiro atoms. The van der Waals surface area contributed by atoms with E-state index in [9.17, 15) is 9.59 Å². The second kappa shape index (κ2) is 10.1. The van der Waals surface area contributed by atoms with Crippen LogP contribution in [0.4, 0.5) is 10.5 Å². The van der Waals surface area contributed by atoms with Crippen molar-refractivity contribution in [2.24, 2.45) is 0 Å². The fraction of sp³-hybridized carbons (Fsp3) is 0.652. The van der Waals surface area contributed by atoms with Gasteiger partial charge in [-0.25, -0.2) is 4.79 Å². The van der Waals surface area contributed by atoms with Crippen molar-refractivity contribution in [3.63, 3.8) is 0 Å². The van der Waals surface area contributed by atoms with Crippen LogP contribution in [0.5, 0.6) is 0 Å². The van der Waals surface area contributed by atoms with Gasteiger partial charge in [-0.05, 0) is 69.8 Å². The number of rotatable bonds is 5. The van der Waals surface area contributed by atoms with Crippen LogP contribution < -0.4 is 5.32 Å². The van der Waals surface area contributed by atoms with Gasteiger partial charge in [-0.15, -0.1) is 0 Å². The summed E-state index contributed by atoms with van der Waals surface area (Å²) < 4.78 is 0. The van der Waals surface area contributed by atoms with E-state index in [0.29, 0.717) is 6.54 Å². The highest BCUT2D eigenvalue weighted by atomic mass is 16.2. The molecule has 1 atom stereocenters. The topological polar surface area (TPSA) is 55.9 Å². The Hall–Kier alpha value is -2.08. The molecular weight excluding hydrogens is 364 g/mol. The SMILES string of the molecule is CC(=O)N(CCN1CCCCC1)C1CCCN(C(=O)Nc2cc(C)ccc2C)C1. The molecule has 1 aromatic carbocycles. The molecule has 0 aromatic heterocycles. The third kappa shape index (κ3) is 5.95. The quantitative estimate of drug-likeness (QED) is 0.821. The van der Waals surface area contributed by atoms with Crippen molar-refractivity contribution in [3.05, 3.63) is 29.3 Å². The molecule has 1 N–H and O–H groups in total. The second-order valence-corrected chi connectivity index (χ2v) is 8.61. The molecule has 2 aliphatic rings. The maximum atomic E-state index is 12.9. The molecule has 0 bridgehead atoms. The number of aryl methyl sites for hydroxylation is 2. The number of amides is 3. The molecule has 2 aliphatic heterocycles. The van der Waals surface area contributed by atoms with E-state index in [-0.39, 0.29) is 18.0 Å². The van der Waals surface area contributed by atoms with Crippen molar-refractivity contribution >= 4 is 17.6 Å². The van der Waals surface area contributed by atoms with E-state index in [2.05, 4.69) is 16.3 Å². The molecule has 29 heavy (non-hydrogen) atoms. The third-order valence-corrected chi connectivity index (χ3v) is 6.27. The summed E-state index contributed by atoms with van der Waals surface area (Å²) in [5.41, 5.74) is 3.05. The van der Waals surface area contributed by atoms with Crippen molar-refractivity contribution < 1.29 is 9.59 Å². The Morgan fingerprint density at radius 1 is 1.10 bits per heavy atom. The molecule has 0 aliphatic carbocycles. The molecule has 3 amide bonds. The van der Waals surface area contributed by atoms with E-state index in [0.717, 1.165) is 62.4 Å². The first-order valence-corrected chi connectivity index (χ1v) is 11.1. The predicted octanol–water partition coefficient (Wildman–Crippen LogP) is 3.63. The number of carbonyl (C=O) groups excluding carboxylic acids is 2. The molecule has 6 nitrogen and oxygen atoms in total. The van der Waals surface area contributed by atoms with Crippen LogP contribution in [0.25, 0.3) is 0 Å². The van der Waals surface area contributed by atoms with Crippen LogP contribution in [0.1, 0.15) is 50.2 Å². The summed E-state index contributed by atoms with van der Waals surface area (Å²) >= 11 is 0. The van der Waals surface area contributed by atoms with Crippen LogP contribution in [0, 0.1) is 13.8 Å². The van der Waals surface area contributed by atoms with Gasteiger partial charge in [0, 0.05) is 44.8 Å². The van der Waals surface area contributed by atoms with Crippen molar-refractivity contribution in [1.82, 2.24) is 14.7 Å². The molecule has 3 rings (SSSR count). The molecule has 6 heteroatoms. The van der Waals surface area contributed by atoms with E-state index in [4.69, 9.17) is 0 Å². The minimum atomic E-state index is -0.0667.